The lowest BCUT2D eigenvalue weighted by Crippen LogP contribution is -2.07. The molecule has 0 aromatic heterocycles. The first-order valence-corrected chi connectivity index (χ1v) is 4.88. The number of aliphatic hydroxyl groups excluding tert-OH is 1. The van der Waals surface area contributed by atoms with Crippen molar-refractivity contribution in [3.05, 3.63) is 34.9 Å². The number of hydrogen-bond acceptors (Lipinski definition) is 3. The summed E-state index contributed by atoms with van der Waals surface area (Å²) >= 11 is 0. The maximum absolute atomic E-state index is 8.94. The van der Waals surface area contributed by atoms with E-state index in [1.54, 1.807) is 0 Å². The Morgan fingerprint density at radius 1 is 1.47 bits per heavy atom. The molecular weight excluding hydrogens is 190 g/mol. The predicted octanol–water partition coefficient (Wildman–Crippen LogP) is 1.88. The number of aryl methyl sites for hydroxylation is 2. The third-order valence-corrected chi connectivity index (χ3v) is 2.20. The van der Waals surface area contributed by atoms with E-state index in [4.69, 9.17) is 15.1 Å². The van der Waals surface area contributed by atoms with Crippen molar-refractivity contribution in [1.82, 2.24) is 0 Å². The summed E-state index contributed by atoms with van der Waals surface area (Å²) in [6, 6.07) is 7.95. The Balaban J connectivity index is 2.88. The molecule has 0 saturated heterocycles. The Morgan fingerprint density at radius 3 is 2.73 bits per heavy atom. The van der Waals surface area contributed by atoms with Crippen molar-refractivity contribution in [3.63, 3.8) is 0 Å². The molecule has 0 heterocycles. The van der Waals surface area contributed by atoms with Crippen LogP contribution >= 0.6 is 0 Å². The molecule has 0 aliphatic carbocycles. The highest BCUT2D eigenvalue weighted by Crippen LogP contribution is 2.21. The molecule has 0 bridgehead atoms. The smallest absolute Gasteiger partial charge is 0.169 e. The minimum atomic E-state index is -0.585. The van der Waals surface area contributed by atoms with Crippen molar-refractivity contribution >= 4 is 0 Å². The fourth-order valence-corrected chi connectivity index (χ4v) is 1.49. The zero-order valence-corrected chi connectivity index (χ0v) is 9.03. The van der Waals surface area contributed by atoms with Crippen LogP contribution in [0.4, 0.5) is 0 Å². The highest BCUT2D eigenvalue weighted by atomic mass is 16.5. The molecule has 3 heteroatoms. The highest BCUT2D eigenvalue weighted by Gasteiger charge is 2.12. The molecule has 0 radical (unpaired) electrons. The van der Waals surface area contributed by atoms with Crippen molar-refractivity contribution in [2.75, 3.05) is 13.2 Å². The van der Waals surface area contributed by atoms with Gasteiger partial charge in [-0.3, -0.25) is 0 Å². The molecule has 0 aliphatic rings. The quantitative estimate of drug-likeness (QED) is 0.816. The summed E-state index contributed by atoms with van der Waals surface area (Å²) in [4.78, 5) is 0. The van der Waals surface area contributed by atoms with Crippen molar-refractivity contribution in [1.29, 1.82) is 5.26 Å². The first kappa shape index (κ1) is 11.7. The van der Waals surface area contributed by atoms with Crippen LogP contribution in [0, 0.1) is 25.2 Å². The topological polar surface area (TPSA) is 53.2 Å². The molecule has 1 rings (SSSR count). The van der Waals surface area contributed by atoms with Gasteiger partial charge in [-0.25, -0.2) is 0 Å². The first-order chi connectivity index (χ1) is 7.19. The van der Waals surface area contributed by atoms with Crippen LogP contribution in [0.15, 0.2) is 18.2 Å². The number of aliphatic hydroxyl groups is 1. The van der Waals surface area contributed by atoms with Gasteiger partial charge in [0.1, 0.15) is 0 Å². The molecule has 80 valence electrons. The fraction of sp³-hybridized carbons (Fsp3) is 0.417. The minimum absolute atomic E-state index is 0.0664. The van der Waals surface area contributed by atoms with Gasteiger partial charge in [-0.15, -0.1) is 0 Å². The molecule has 1 atom stereocenters. The third kappa shape index (κ3) is 3.05. The van der Waals surface area contributed by atoms with Gasteiger partial charge in [0.05, 0.1) is 19.3 Å². The predicted molar refractivity (Wildman–Crippen MR) is 57.3 cm³/mol. The van der Waals surface area contributed by atoms with Gasteiger partial charge in [0.25, 0.3) is 0 Å². The molecule has 0 spiro atoms. The number of ether oxygens (including phenoxy) is 1. The van der Waals surface area contributed by atoms with Crippen LogP contribution in [0.3, 0.4) is 0 Å². The number of hydrogen-bond donors (Lipinski definition) is 1. The van der Waals surface area contributed by atoms with Crippen LogP contribution in [-0.2, 0) is 4.74 Å². The lowest BCUT2D eigenvalue weighted by atomic mass is 10.0. The summed E-state index contributed by atoms with van der Waals surface area (Å²) < 4.78 is 5.24. The number of nitrogens with zero attached hydrogens (tertiary/aromatic N) is 1. The summed E-state index contributed by atoms with van der Waals surface area (Å²) in [6.07, 6.45) is -0.585. The van der Waals surface area contributed by atoms with Crippen LogP contribution < -0.4 is 0 Å². The number of benzene rings is 1. The van der Waals surface area contributed by atoms with E-state index in [-0.39, 0.29) is 13.2 Å². The Labute approximate surface area is 89.9 Å². The molecule has 1 aromatic carbocycles. The lowest BCUT2D eigenvalue weighted by molar-refractivity contribution is 0.0578. The standard InChI is InChI=1S/C12H15NO2/c1-9-3-4-11(10(2)7-9)12(8-13)15-6-5-14/h3-4,7,12,14H,5-6H2,1-2H3. The van der Waals surface area contributed by atoms with E-state index < -0.39 is 6.10 Å². The molecule has 15 heavy (non-hydrogen) atoms. The van der Waals surface area contributed by atoms with E-state index in [9.17, 15) is 0 Å². The Morgan fingerprint density at radius 2 is 2.20 bits per heavy atom. The van der Waals surface area contributed by atoms with Crippen LogP contribution in [0.5, 0.6) is 0 Å². The Hall–Kier alpha value is -1.37. The van der Waals surface area contributed by atoms with E-state index in [0.717, 1.165) is 16.7 Å². The molecule has 0 amide bonds. The maximum atomic E-state index is 8.94. The van der Waals surface area contributed by atoms with Gasteiger partial charge in [0, 0.05) is 0 Å². The molecule has 1 N–H and O–H groups in total. The highest BCUT2D eigenvalue weighted by molar-refractivity contribution is 5.34. The van der Waals surface area contributed by atoms with Gasteiger partial charge in [0.2, 0.25) is 0 Å². The summed E-state index contributed by atoms with van der Waals surface area (Å²) in [5, 5.41) is 17.6. The molecule has 1 unspecified atom stereocenters. The molecule has 0 saturated carbocycles. The average molecular weight is 205 g/mol. The normalized spacial score (nSPS) is 12.1. The summed E-state index contributed by atoms with van der Waals surface area (Å²) in [5.74, 6) is 0. The van der Waals surface area contributed by atoms with Crippen LogP contribution in [0.2, 0.25) is 0 Å². The van der Waals surface area contributed by atoms with E-state index in [1.807, 2.05) is 32.0 Å². The molecule has 0 aliphatic heterocycles. The lowest BCUT2D eigenvalue weighted by Gasteiger charge is -2.13. The van der Waals surface area contributed by atoms with E-state index >= 15 is 0 Å². The van der Waals surface area contributed by atoms with Gasteiger partial charge in [-0.05, 0) is 25.0 Å². The van der Waals surface area contributed by atoms with Crippen molar-refractivity contribution in [3.8, 4) is 6.07 Å². The van der Waals surface area contributed by atoms with Crippen molar-refractivity contribution < 1.29 is 9.84 Å². The summed E-state index contributed by atoms with van der Waals surface area (Å²) in [5.41, 5.74) is 3.08. The van der Waals surface area contributed by atoms with Gasteiger partial charge in [-0.2, -0.15) is 5.26 Å². The Bertz CT molecular complexity index is 368. The minimum Gasteiger partial charge on any atom is -0.394 e. The van der Waals surface area contributed by atoms with Gasteiger partial charge >= 0.3 is 0 Å². The van der Waals surface area contributed by atoms with Crippen LogP contribution in [0.25, 0.3) is 0 Å². The van der Waals surface area contributed by atoms with Gasteiger partial charge in [0.15, 0.2) is 6.10 Å². The largest absolute Gasteiger partial charge is 0.394 e. The average Bonchev–Trinajstić information content (AvgIpc) is 2.21. The van der Waals surface area contributed by atoms with Crippen molar-refractivity contribution in [2.45, 2.75) is 20.0 Å². The van der Waals surface area contributed by atoms with Gasteiger partial charge in [-0.1, -0.05) is 23.8 Å². The SMILES string of the molecule is Cc1ccc(C(C#N)OCCO)c(C)c1. The van der Waals surface area contributed by atoms with E-state index in [1.165, 1.54) is 0 Å². The van der Waals surface area contributed by atoms with Crippen LogP contribution in [0.1, 0.15) is 22.8 Å². The van der Waals surface area contributed by atoms with Gasteiger partial charge < -0.3 is 9.84 Å². The Kier molecular flexibility index (Phi) is 4.29. The monoisotopic (exact) mass is 205 g/mol. The van der Waals surface area contributed by atoms with E-state index in [2.05, 4.69) is 6.07 Å². The second-order valence-corrected chi connectivity index (χ2v) is 3.46. The van der Waals surface area contributed by atoms with Crippen LogP contribution in [-0.4, -0.2) is 18.3 Å². The third-order valence-electron chi connectivity index (χ3n) is 2.20. The summed E-state index contributed by atoms with van der Waals surface area (Å²) in [6.45, 7) is 4.08. The van der Waals surface area contributed by atoms with Crippen molar-refractivity contribution in [2.24, 2.45) is 0 Å². The summed E-state index contributed by atoms with van der Waals surface area (Å²) in [7, 11) is 0. The molecule has 1 aromatic rings. The van der Waals surface area contributed by atoms with E-state index in [0.29, 0.717) is 0 Å². The zero-order chi connectivity index (χ0) is 11.3. The first-order valence-electron chi connectivity index (χ1n) is 4.88. The number of nitriles is 1. The second kappa shape index (κ2) is 5.50. The molecular formula is C12H15NO2. The molecule has 0 fully saturated rings. The maximum Gasteiger partial charge on any atom is 0.169 e. The fourth-order valence-electron chi connectivity index (χ4n) is 1.49. The zero-order valence-electron chi connectivity index (χ0n) is 9.03. The molecule has 3 nitrogen and oxygen atoms in total. The second-order valence-electron chi connectivity index (χ2n) is 3.46. The number of rotatable bonds is 4.